The highest BCUT2D eigenvalue weighted by molar-refractivity contribution is 7.99. The summed E-state index contributed by atoms with van der Waals surface area (Å²) in [5.41, 5.74) is 4.96. The average molecular weight is 262 g/mol. The Morgan fingerprint density at radius 1 is 1.33 bits per heavy atom. The van der Waals surface area contributed by atoms with E-state index in [2.05, 4.69) is 42.0 Å². The van der Waals surface area contributed by atoms with Gasteiger partial charge in [0.15, 0.2) is 0 Å². The lowest BCUT2D eigenvalue weighted by Crippen LogP contribution is -2.04. The van der Waals surface area contributed by atoms with E-state index in [-0.39, 0.29) is 11.9 Å². The number of aryl methyl sites for hydroxylation is 2. The van der Waals surface area contributed by atoms with Crippen molar-refractivity contribution in [3.8, 4) is 0 Å². The number of hydrogen-bond donors (Lipinski definition) is 2. The van der Waals surface area contributed by atoms with Crippen LogP contribution in [0.15, 0.2) is 30.7 Å². The molecule has 4 heteroatoms. The maximum Gasteiger partial charge on any atom is 0.0922 e. The van der Waals surface area contributed by atoms with Gasteiger partial charge < -0.3 is 10.1 Å². The fourth-order valence-electron chi connectivity index (χ4n) is 2.15. The summed E-state index contributed by atoms with van der Waals surface area (Å²) in [4.78, 5) is 7.29. The molecule has 0 radical (unpaired) electrons. The van der Waals surface area contributed by atoms with Crippen LogP contribution in [0, 0.1) is 13.8 Å². The van der Waals surface area contributed by atoms with Crippen LogP contribution in [0.4, 0.5) is 0 Å². The summed E-state index contributed by atoms with van der Waals surface area (Å²) in [6.45, 7) is 4.46. The monoisotopic (exact) mass is 262 g/mol. The molecule has 1 aromatic heterocycles. The molecule has 0 saturated carbocycles. The first-order chi connectivity index (χ1) is 8.74. The average Bonchev–Trinajstić information content (AvgIpc) is 2.86. The Hall–Kier alpha value is -1.26. The summed E-state index contributed by atoms with van der Waals surface area (Å²) < 4.78 is 0. The summed E-state index contributed by atoms with van der Waals surface area (Å²) in [5, 5.41) is 9.26. The zero-order chi connectivity index (χ0) is 13.0. The van der Waals surface area contributed by atoms with Crippen LogP contribution in [0.2, 0.25) is 0 Å². The molecule has 1 atom stereocenters. The molecule has 1 aromatic carbocycles. The van der Waals surface area contributed by atoms with Gasteiger partial charge in [0.1, 0.15) is 0 Å². The number of nitrogens with zero attached hydrogens (tertiary/aromatic N) is 1. The van der Waals surface area contributed by atoms with Crippen molar-refractivity contribution < 1.29 is 5.11 Å². The lowest BCUT2D eigenvalue weighted by molar-refractivity contribution is 0.322. The van der Waals surface area contributed by atoms with Gasteiger partial charge in [0, 0.05) is 11.9 Å². The molecule has 18 heavy (non-hydrogen) atoms. The first-order valence-electron chi connectivity index (χ1n) is 6.01. The second-order valence-electron chi connectivity index (χ2n) is 4.29. The fraction of sp³-hybridized carbons (Fsp3) is 0.357. The molecule has 0 spiro atoms. The van der Waals surface area contributed by atoms with E-state index in [0.717, 1.165) is 11.4 Å². The van der Waals surface area contributed by atoms with Crippen LogP contribution in [-0.4, -0.2) is 27.4 Å². The normalized spacial score (nSPS) is 12.6. The van der Waals surface area contributed by atoms with Gasteiger partial charge in [0.05, 0.1) is 23.9 Å². The number of thioether (sulfide) groups is 1. The highest BCUT2D eigenvalue weighted by Gasteiger charge is 2.19. The van der Waals surface area contributed by atoms with Crippen molar-refractivity contribution in [3.05, 3.63) is 53.1 Å². The molecule has 0 aliphatic rings. The lowest BCUT2D eigenvalue weighted by atomic mass is 9.98. The van der Waals surface area contributed by atoms with Gasteiger partial charge >= 0.3 is 0 Å². The molecule has 0 saturated heterocycles. The standard InChI is InChI=1S/C14H18N2OS/c1-10-4-3-5-11(2)13(10)14(18-7-6-17)12-8-15-9-16-12/h3-5,8-9,14,17H,6-7H2,1-2H3,(H,15,16). The number of aromatic amines is 1. The molecule has 1 unspecified atom stereocenters. The predicted molar refractivity (Wildman–Crippen MR) is 75.9 cm³/mol. The Bertz CT molecular complexity index is 476. The Kier molecular flexibility index (Phi) is 4.44. The maximum atomic E-state index is 9.05. The summed E-state index contributed by atoms with van der Waals surface area (Å²) in [7, 11) is 0. The van der Waals surface area contributed by atoms with Gasteiger partial charge in [-0.05, 0) is 30.5 Å². The van der Waals surface area contributed by atoms with E-state index < -0.39 is 0 Å². The van der Waals surface area contributed by atoms with E-state index in [0.29, 0.717) is 0 Å². The number of aromatic nitrogens is 2. The third-order valence-corrected chi connectivity index (χ3v) is 4.22. The van der Waals surface area contributed by atoms with E-state index in [1.165, 1.54) is 16.7 Å². The zero-order valence-electron chi connectivity index (χ0n) is 10.7. The topological polar surface area (TPSA) is 48.9 Å². The second-order valence-corrected chi connectivity index (χ2v) is 5.50. The van der Waals surface area contributed by atoms with Crippen molar-refractivity contribution in [2.75, 3.05) is 12.4 Å². The third kappa shape index (κ3) is 2.76. The van der Waals surface area contributed by atoms with Crippen LogP contribution in [0.5, 0.6) is 0 Å². The Morgan fingerprint density at radius 2 is 2.06 bits per heavy atom. The maximum absolute atomic E-state index is 9.05. The van der Waals surface area contributed by atoms with Gasteiger partial charge in [-0.3, -0.25) is 0 Å². The molecule has 2 aromatic rings. The number of benzene rings is 1. The number of hydrogen-bond acceptors (Lipinski definition) is 3. The van der Waals surface area contributed by atoms with Gasteiger partial charge in [0.25, 0.3) is 0 Å². The van der Waals surface area contributed by atoms with E-state index in [1.54, 1.807) is 18.1 Å². The molecule has 0 bridgehead atoms. The first-order valence-corrected chi connectivity index (χ1v) is 7.05. The van der Waals surface area contributed by atoms with Crippen molar-refractivity contribution in [2.45, 2.75) is 19.1 Å². The number of aliphatic hydroxyl groups is 1. The number of nitrogens with one attached hydrogen (secondary N) is 1. The van der Waals surface area contributed by atoms with Crippen molar-refractivity contribution in [3.63, 3.8) is 0 Å². The van der Waals surface area contributed by atoms with Crippen molar-refractivity contribution in [1.29, 1.82) is 0 Å². The van der Waals surface area contributed by atoms with E-state index in [1.807, 2.05) is 6.20 Å². The summed E-state index contributed by atoms with van der Waals surface area (Å²) in [5.74, 6) is 0.720. The van der Waals surface area contributed by atoms with Crippen LogP contribution in [0.25, 0.3) is 0 Å². The van der Waals surface area contributed by atoms with E-state index in [4.69, 9.17) is 5.11 Å². The number of rotatable bonds is 5. The molecule has 96 valence electrons. The molecule has 2 rings (SSSR count). The number of H-pyrrole nitrogens is 1. The van der Waals surface area contributed by atoms with Crippen molar-refractivity contribution in [2.24, 2.45) is 0 Å². The highest BCUT2D eigenvalue weighted by atomic mass is 32.2. The Labute approximate surface area is 112 Å². The second kappa shape index (κ2) is 6.07. The SMILES string of the molecule is Cc1cccc(C)c1C(SCCO)c1cnc[nH]1. The number of aliphatic hydroxyl groups excluding tert-OH is 1. The molecule has 0 amide bonds. The minimum atomic E-state index is 0.195. The van der Waals surface area contributed by atoms with Gasteiger partial charge in [-0.1, -0.05) is 18.2 Å². The predicted octanol–water partition coefficient (Wildman–Crippen LogP) is 2.84. The minimum Gasteiger partial charge on any atom is -0.396 e. The highest BCUT2D eigenvalue weighted by Crippen LogP contribution is 2.37. The Morgan fingerprint density at radius 3 is 2.61 bits per heavy atom. The molecule has 0 fully saturated rings. The molecular formula is C14H18N2OS. The van der Waals surface area contributed by atoms with Crippen LogP contribution in [0.3, 0.4) is 0 Å². The largest absolute Gasteiger partial charge is 0.396 e. The summed E-state index contributed by atoms with van der Waals surface area (Å²) in [6, 6.07) is 6.34. The van der Waals surface area contributed by atoms with Crippen molar-refractivity contribution in [1.82, 2.24) is 9.97 Å². The van der Waals surface area contributed by atoms with Gasteiger partial charge in [-0.2, -0.15) is 0 Å². The lowest BCUT2D eigenvalue weighted by Gasteiger charge is -2.19. The van der Waals surface area contributed by atoms with Gasteiger partial charge in [0.2, 0.25) is 0 Å². The van der Waals surface area contributed by atoms with Gasteiger partial charge in [-0.15, -0.1) is 11.8 Å². The van der Waals surface area contributed by atoms with Crippen LogP contribution >= 0.6 is 11.8 Å². The molecule has 2 N–H and O–H groups in total. The van der Waals surface area contributed by atoms with E-state index >= 15 is 0 Å². The molecule has 0 aliphatic carbocycles. The minimum absolute atomic E-state index is 0.195. The van der Waals surface area contributed by atoms with Crippen molar-refractivity contribution >= 4 is 11.8 Å². The quantitative estimate of drug-likeness (QED) is 0.871. The van der Waals surface area contributed by atoms with Crippen LogP contribution in [-0.2, 0) is 0 Å². The van der Waals surface area contributed by atoms with E-state index in [9.17, 15) is 0 Å². The van der Waals surface area contributed by atoms with Gasteiger partial charge in [-0.25, -0.2) is 4.98 Å². The first kappa shape index (κ1) is 13.2. The van der Waals surface area contributed by atoms with Crippen LogP contribution < -0.4 is 0 Å². The molecule has 1 heterocycles. The fourth-order valence-corrected chi connectivity index (χ4v) is 3.34. The zero-order valence-corrected chi connectivity index (χ0v) is 11.5. The molecule has 3 nitrogen and oxygen atoms in total. The third-order valence-electron chi connectivity index (χ3n) is 2.98. The van der Waals surface area contributed by atoms with Crippen LogP contribution in [0.1, 0.15) is 27.6 Å². The smallest absolute Gasteiger partial charge is 0.0922 e. The summed E-state index contributed by atoms with van der Waals surface area (Å²) in [6.07, 6.45) is 3.57. The molecule has 0 aliphatic heterocycles. The molecular weight excluding hydrogens is 244 g/mol. The number of imidazole rings is 1. The Balaban J connectivity index is 2.40. The summed E-state index contributed by atoms with van der Waals surface area (Å²) >= 11 is 1.74.